The van der Waals surface area contributed by atoms with Crippen LogP contribution >= 0.6 is 0 Å². The molecule has 1 aliphatic heterocycles. The first-order chi connectivity index (χ1) is 21.3. The van der Waals surface area contributed by atoms with E-state index >= 15 is 0 Å². The number of hydrogen-bond acceptors (Lipinski definition) is 5. The molecule has 0 atom stereocenters. The molecule has 1 aliphatic rings. The second kappa shape index (κ2) is 19.4. The first kappa shape index (κ1) is 33.1. The molecule has 6 heteroatoms. The first-order valence-corrected chi connectivity index (χ1v) is 19.8. The predicted molar refractivity (Wildman–Crippen MR) is 177 cm³/mol. The van der Waals surface area contributed by atoms with E-state index in [9.17, 15) is 0 Å². The Morgan fingerprint density at radius 1 is 0.558 bits per heavy atom. The number of fused-ring (bicyclic) bond motifs is 1. The maximum atomic E-state index is 5.75. The Kier molecular flexibility index (Phi) is 14.9. The third-order valence-corrected chi connectivity index (χ3v) is 14.8. The summed E-state index contributed by atoms with van der Waals surface area (Å²) in [5, 5.41) is 0. The third kappa shape index (κ3) is 11.0. The number of hydrogen-bond donors (Lipinski definition) is 0. The van der Waals surface area contributed by atoms with Gasteiger partial charge in [0.15, 0.2) is 11.5 Å². The summed E-state index contributed by atoms with van der Waals surface area (Å²) in [6.45, 7) is 8.47. The van der Waals surface area contributed by atoms with E-state index in [4.69, 9.17) is 23.7 Å². The van der Waals surface area contributed by atoms with E-state index in [1.165, 1.54) is 21.9 Å². The van der Waals surface area contributed by atoms with Crippen molar-refractivity contribution in [2.75, 3.05) is 39.8 Å². The Hall–Kier alpha value is -2.84. The second-order valence-electron chi connectivity index (χ2n) is 10.3. The zero-order valence-corrected chi connectivity index (χ0v) is 28.5. The molecule has 0 N–H and O–H groups in total. The van der Waals surface area contributed by atoms with Gasteiger partial charge >= 0.3 is 121 Å². The van der Waals surface area contributed by atoms with Crippen LogP contribution in [0.5, 0.6) is 11.5 Å². The van der Waals surface area contributed by atoms with Gasteiger partial charge in [0.2, 0.25) is 6.79 Å². The molecule has 0 unspecified atom stereocenters. The number of benzene rings is 4. The van der Waals surface area contributed by atoms with Crippen molar-refractivity contribution < 1.29 is 23.7 Å². The molecule has 227 valence electrons. The molecule has 5 rings (SSSR count). The molecular weight excluding hydrogens is 643 g/mol. The summed E-state index contributed by atoms with van der Waals surface area (Å²) in [5.74, 6) is 1.66. The van der Waals surface area contributed by atoms with Crippen LogP contribution in [0.3, 0.4) is 0 Å². The summed E-state index contributed by atoms with van der Waals surface area (Å²) >= 11 is -1.98. The Morgan fingerprint density at radius 2 is 1.02 bits per heavy atom. The van der Waals surface area contributed by atoms with E-state index in [-0.39, 0.29) is 0 Å². The Balaban J connectivity index is 0.000000202. The minimum atomic E-state index is -1.98. The zero-order chi connectivity index (χ0) is 30.0. The average molecular weight is 688 g/mol. The van der Waals surface area contributed by atoms with Crippen molar-refractivity contribution in [2.24, 2.45) is 0 Å². The van der Waals surface area contributed by atoms with Crippen LogP contribution in [0, 0.1) is 0 Å². The quantitative estimate of drug-likeness (QED) is 0.108. The molecule has 0 amide bonds. The van der Waals surface area contributed by atoms with Gasteiger partial charge < -0.3 is 23.7 Å². The van der Waals surface area contributed by atoms with Gasteiger partial charge in [0.1, 0.15) is 0 Å². The molecule has 5 nitrogen and oxygen atoms in total. The number of unbranched alkanes of at least 4 members (excludes halogenated alkanes) is 1. The van der Waals surface area contributed by atoms with Gasteiger partial charge in [-0.25, -0.2) is 0 Å². The standard InChI is InChI=1S/C19H30O5.3C6H5.Sn/c1-3-5-7-20-8-9-21-10-11-22-14-17-13-19-18(23-15-24-19)12-16(17)6-4-2;3*1-2-4-6-5-3-1;/h12-13H,3-11,14-15H2,1-2H3;3*1-5H;. The van der Waals surface area contributed by atoms with Crippen molar-refractivity contribution in [1.82, 2.24) is 0 Å². The van der Waals surface area contributed by atoms with Crippen LogP contribution in [-0.4, -0.2) is 59.6 Å². The van der Waals surface area contributed by atoms with Gasteiger partial charge in [-0.1, -0.05) is 26.7 Å². The molecular formula is C37H45O5Sn. The first-order valence-electron chi connectivity index (χ1n) is 15.5. The fraction of sp³-hybridized carbons (Fsp3) is 0.351. The van der Waals surface area contributed by atoms with Gasteiger partial charge in [-0.15, -0.1) is 0 Å². The molecule has 0 saturated carbocycles. The van der Waals surface area contributed by atoms with E-state index in [0.29, 0.717) is 39.8 Å². The van der Waals surface area contributed by atoms with Crippen molar-refractivity contribution in [3.05, 3.63) is 114 Å². The SMILES string of the molecule is CCCCOCCOCCOCc1cc2c(cc1CCC)OCO2.c1cc[c]([Sn]([c]2ccccc2)[c]2ccccc2)cc1. The minimum absolute atomic E-state index is 0.305. The second-order valence-corrected chi connectivity index (χ2v) is 17.4. The van der Waals surface area contributed by atoms with E-state index < -0.39 is 19.8 Å². The van der Waals surface area contributed by atoms with Crippen LogP contribution in [0.25, 0.3) is 0 Å². The molecule has 0 aromatic heterocycles. The van der Waals surface area contributed by atoms with Gasteiger partial charge in [-0.05, 0) is 36.1 Å². The fourth-order valence-electron chi connectivity index (χ4n) is 4.85. The molecule has 0 fully saturated rings. The van der Waals surface area contributed by atoms with Crippen molar-refractivity contribution >= 4 is 30.5 Å². The van der Waals surface area contributed by atoms with E-state index in [0.717, 1.165) is 43.8 Å². The van der Waals surface area contributed by atoms with E-state index in [1.807, 2.05) is 6.07 Å². The van der Waals surface area contributed by atoms with Crippen LogP contribution in [0.1, 0.15) is 44.2 Å². The van der Waals surface area contributed by atoms with E-state index in [1.54, 1.807) is 0 Å². The summed E-state index contributed by atoms with van der Waals surface area (Å²) < 4.78 is 32.2. The average Bonchev–Trinajstić information content (AvgIpc) is 3.51. The van der Waals surface area contributed by atoms with Gasteiger partial charge in [-0.2, -0.15) is 0 Å². The fourth-order valence-corrected chi connectivity index (χ4v) is 12.2. The van der Waals surface area contributed by atoms with Crippen molar-refractivity contribution in [1.29, 1.82) is 0 Å². The molecule has 1 heterocycles. The normalized spacial score (nSPS) is 11.8. The molecule has 0 saturated heterocycles. The predicted octanol–water partition coefficient (Wildman–Crippen LogP) is 5.92. The number of ether oxygens (including phenoxy) is 5. The number of rotatable bonds is 16. The van der Waals surface area contributed by atoms with Crippen LogP contribution in [0.2, 0.25) is 0 Å². The molecule has 0 aliphatic carbocycles. The molecule has 0 bridgehead atoms. The van der Waals surface area contributed by atoms with E-state index in [2.05, 4.69) is 111 Å². The van der Waals surface area contributed by atoms with Crippen molar-refractivity contribution in [3.63, 3.8) is 0 Å². The van der Waals surface area contributed by atoms with Crippen LogP contribution in [0.4, 0.5) is 0 Å². The van der Waals surface area contributed by atoms with Gasteiger partial charge in [0, 0.05) is 6.61 Å². The summed E-state index contributed by atoms with van der Waals surface area (Å²) in [4.78, 5) is 0. The molecule has 4 aromatic carbocycles. The maximum absolute atomic E-state index is 5.75. The molecule has 0 spiro atoms. The molecule has 1 radical (unpaired) electrons. The Labute approximate surface area is 264 Å². The summed E-state index contributed by atoms with van der Waals surface area (Å²) in [6.07, 6.45) is 4.38. The third-order valence-electron chi connectivity index (χ3n) is 7.05. The number of aryl methyl sites for hydroxylation is 1. The summed E-state index contributed by atoms with van der Waals surface area (Å²) in [6, 6.07) is 37.1. The van der Waals surface area contributed by atoms with Gasteiger partial charge in [0.05, 0.1) is 33.0 Å². The molecule has 43 heavy (non-hydrogen) atoms. The van der Waals surface area contributed by atoms with Crippen LogP contribution in [0.15, 0.2) is 103 Å². The summed E-state index contributed by atoms with van der Waals surface area (Å²) in [7, 11) is 0. The van der Waals surface area contributed by atoms with Crippen LogP contribution < -0.4 is 20.2 Å². The Morgan fingerprint density at radius 3 is 1.51 bits per heavy atom. The zero-order valence-electron chi connectivity index (χ0n) is 25.6. The van der Waals surface area contributed by atoms with Gasteiger partial charge in [0.25, 0.3) is 0 Å². The topological polar surface area (TPSA) is 46.2 Å². The monoisotopic (exact) mass is 689 g/mol. The van der Waals surface area contributed by atoms with Gasteiger partial charge in [-0.3, -0.25) is 0 Å². The van der Waals surface area contributed by atoms with Crippen molar-refractivity contribution in [3.8, 4) is 11.5 Å². The van der Waals surface area contributed by atoms with Crippen molar-refractivity contribution in [2.45, 2.75) is 46.1 Å². The van der Waals surface area contributed by atoms with Crippen LogP contribution in [-0.2, 0) is 27.2 Å². The summed E-state index contributed by atoms with van der Waals surface area (Å²) in [5.41, 5.74) is 2.44. The Bertz CT molecular complexity index is 1210. The molecule has 4 aromatic rings.